The van der Waals surface area contributed by atoms with Crippen LogP contribution in [0.3, 0.4) is 0 Å². The van der Waals surface area contributed by atoms with Crippen LogP contribution >= 0.6 is 12.2 Å². The largest absolute Gasteiger partial charge is 0.392 e. The Labute approximate surface area is 112 Å². The standard InChI is InChI=1S/C10H16N4O2S2/c11-9(17)7-14(8-3-1-2-4-8)18(15,16)10-5-6-12-13-10/h5-6,8H,1-4,7H2,(H2,11,17)(H,12,13). The first-order chi connectivity index (χ1) is 8.51. The van der Waals surface area contributed by atoms with Gasteiger partial charge in [0.25, 0.3) is 10.0 Å². The predicted molar refractivity (Wildman–Crippen MR) is 71.5 cm³/mol. The third kappa shape index (κ3) is 2.70. The zero-order chi connectivity index (χ0) is 13.2. The van der Waals surface area contributed by atoms with Gasteiger partial charge in [-0.1, -0.05) is 25.1 Å². The Morgan fingerprint density at radius 1 is 1.56 bits per heavy atom. The predicted octanol–water partition coefficient (Wildman–Crippen LogP) is 0.629. The number of aromatic nitrogens is 2. The molecule has 0 amide bonds. The number of thiocarbonyl (C=S) groups is 1. The molecule has 1 heterocycles. The molecule has 0 aromatic carbocycles. The second-order valence-corrected chi connectivity index (χ2v) is 6.76. The van der Waals surface area contributed by atoms with Crippen molar-refractivity contribution in [1.82, 2.24) is 14.5 Å². The number of nitrogens with zero attached hydrogens (tertiary/aromatic N) is 2. The molecule has 1 saturated carbocycles. The van der Waals surface area contributed by atoms with E-state index in [0.29, 0.717) is 0 Å². The van der Waals surface area contributed by atoms with Gasteiger partial charge in [-0.05, 0) is 18.9 Å². The summed E-state index contributed by atoms with van der Waals surface area (Å²) in [6.45, 7) is 0.0847. The summed E-state index contributed by atoms with van der Waals surface area (Å²) >= 11 is 4.85. The summed E-state index contributed by atoms with van der Waals surface area (Å²) < 4.78 is 26.3. The second-order valence-electron chi connectivity index (χ2n) is 4.38. The van der Waals surface area contributed by atoms with Crippen LogP contribution in [0, 0.1) is 0 Å². The number of nitrogens with two attached hydrogens (primary N) is 1. The smallest absolute Gasteiger partial charge is 0.260 e. The molecule has 0 unspecified atom stereocenters. The number of sulfonamides is 1. The first-order valence-electron chi connectivity index (χ1n) is 5.81. The fourth-order valence-electron chi connectivity index (χ4n) is 2.27. The lowest BCUT2D eigenvalue weighted by Gasteiger charge is -2.26. The Morgan fingerprint density at radius 2 is 2.22 bits per heavy atom. The highest BCUT2D eigenvalue weighted by Gasteiger charge is 2.34. The van der Waals surface area contributed by atoms with Gasteiger partial charge in [-0.15, -0.1) is 0 Å². The topological polar surface area (TPSA) is 92.1 Å². The van der Waals surface area contributed by atoms with E-state index in [9.17, 15) is 8.42 Å². The Hall–Kier alpha value is -0.990. The molecule has 1 aliphatic carbocycles. The van der Waals surface area contributed by atoms with E-state index in [1.165, 1.54) is 16.6 Å². The number of hydrogen-bond acceptors (Lipinski definition) is 4. The monoisotopic (exact) mass is 288 g/mol. The summed E-state index contributed by atoms with van der Waals surface area (Å²) in [5, 5.41) is 6.26. The number of hydrogen-bond donors (Lipinski definition) is 2. The van der Waals surface area contributed by atoms with Gasteiger partial charge in [0.05, 0.1) is 17.7 Å². The molecular formula is C10H16N4O2S2. The minimum atomic E-state index is -3.59. The lowest BCUT2D eigenvalue weighted by molar-refractivity contribution is 0.353. The van der Waals surface area contributed by atoms with Crippen LogP contribution in [-0.4, -0.2) is 40.5 Å². The van der Waals surface area contributed by atoms with Crippen molar-refractivity contribution in [2.45, 2.75) is 36.8 Å². The van der Waals surface area contributed by atoms with Crippen LogP contribution in [0.15, 0.2) is 17.3 Å². The Bertz CT molecular complexity index is 506. The molecule has 2 rings (SSSR count). The zero-order valence-corrected chi connectivity index (χ0v) is 11.5. The molecule has 1 aromatic rings. The molecule has 8 heteroatoms. The number of rotatable bonds is 5. The van der Waals surface area contributed by atoms with E-state index >= 15 is 0 Å². The van der Waals surface area contributed by atoms with Crippen LogP contribution in [-0.2, 0) is 10.0 Å². The molecule has 1 aliphatic rings. The van der Waals surface area contributed by atoms with E-state index in [0.717, 1.165) is 25.7 Å². The summed E-state index contributed by atoms with van der Waals surface area (Å²) in [7, 11) is -3.59. The minimum absolute atomic E-state index is 0.0141. The van der Waals surface area contributed by atoms with Crippen LogP contribution in [0.2, 0.25) is 0 Å². The van der Waals surface area contributed by atoms with Crippen LogP contribution in [0.4, 0.5) is 0 Å². The first kappa shape index (κ1) is 13.4. The maximum Gasteiger partial charge on any atom is 0.260 e. The quantitative estimate of drug-likeness (QED) is 0.775. The van der Waals surface area contributed by atoms with Crippen molar-refractivity contribution in [3.63, 3.8) is 0 Å². The van der Waals surface area contributed by atoms with Gasteiger partial charge < -0.3 is 5.73 Å². The lowest BCUT2D eigenvalue weighted by atomic mass is 10.2. The summed E-state index contributed by atoms with van der Waals surface area (Å²) in [5.74, 6) is 0. The molecule has 0 saturated heterocycles. The molecule has 18 heavy (non-hydrogen) atoms. The SMILES string of the molecule is NC(=S)CN(C1CCCC1)S(=O)(=O)c1ccn[nH]1. The minimum Gasteiger partial charge on any atom is -0.392 e. The van der Waals surface area contributed by atoms with E-state index in [1.54, 1.807) is 0 Å². The molecule has 0 bridgehead atoms. The van der Waals surface area contributed by atoms with Gasteiger partial charge in [-0.3, -0.25) is 5.10 Å². The molecule has 1 aromatic heterocycles. The van der Waals surface area contributed by atoms with Crippen LogP contribution in [0.5, 0.6) is 0 Å². The highest BCUT2D eigenvalue weighted by Crippen LogP contribution is 2.27. The van der Waals surface area contributed by atoms with Crippen LogP contribution in [0.25, 0.3) is 0 Å². The van der Waals surface area contributed by atoms with Crippen molar-refractivity contribution in [2.75, 3.05) is 6.54 Å². The second kappa shape index (κ2) is 5.33. The highest BCUT2D eigenvalue weighted by atomic mass is 32.2. The molecule has 0 atom stereocenters. The van der Waals surface area contributed by atoms with Gasteiger partial charge >= 0.3 is 0 Å². The number of H-pyrrole nitrogens is 1. The van der Waals surface area contributed by atoms with Crippen molar-refractivity contribution < 1.29 is 8.42 Å². The van der Waals surface area contributed by atoms with E-state index in [-0.39, 0.29) is 22.6 Å². The van der Waals surface area contributed by atoms with Crippen LogP contribution in [0.1, 0.15) is 25.7 Å². The number of aromatic amines is 1. The molecule has 0 spiro atoms. The van der Waals surface area contributed by atoms with Gasteiger partial charge in [0.15, 0.2) is 5.03 Å². The maximum absolute atomic E-state index is 12.5. The third-order valence-electron chi connectivity index (χ3n) is 3.11. The zero-order valence-electron chi connectivity index (χ0n) is 9.87. The molecule has 3 N–H and O–H groups in total. The Morgan fingerprint density at radius 3 is 2.72 bits per heavy atom. The lowest BCUT2D eigenvalue weighted by Crippen LogP contribution is -2.43. The Kier molecular flexibility index (Phi) is 3.98. The maximum atomic E-state index is 12.5. The van der Waals surface area contributed by atoms with Crippen molar-refractivity contribution >= 4 is 27.2 Å². The molecule has 1 fully saturated rings. The molecular weight excluding hydrogens is 272 g/mol. The van der Waals surface area contributed by atoms with Gasteiger partial charge in [0, 0.05) is 6.04 Å². The molecule has 6 nitrogen and oxygen atoms in total. The van der Waals surface area contributed by atoms with Gasteiger partial charge in [-0.2, -0.15) is 9.40 Å². The third-order valence-corrected chi connectivity index (χ3v) is 5.06. The summed E-state index contributed by atoms with van der Waals surface area (Å²) in [6, 6.07) is 1.43. The van der Waals surface area contributed by atoms with E-state index in [4.69, 9.17) is 18.0 Å². The summed E-state index contributed by atoms with van der Waals surface area (Å²) in [5.41, 5.74) is 5.51. The van der Waals surface area contributed by atoms with Crippen molar-refractivity contribution in [1.29, 1.82) is 0 Å². The first-order valence-corrected chi connectivity index (χ1v) is 7.66. The fourth-order valence-corrected chi connectivity index (χ4v) is 4.06. The molecule has 100 valence electrons. The van der Waals surface area contributed by atoms with Crippen molar-refractivity contribution in [3.8, 4) is 0 Å². The normalized spacial score (nSPS) is 17.4. The van der Waals surface area contributed by atoms with Crippen LogP contribution < -0.4 is 5.73 Å². The summed E-state index contributed by atoms with van der Waals surface area (Å²) in [4.78, 5) is 0.185. The van der Waals surface area contributed by atoms with E-state index in [1.807, 2.05) is 0 Å². The fraction of sp³-hybridized carbons (Fsp3) is 0.600. The average molecular weight is 288 g/mol. The summed E-state index contributed by atoms with van der Waals surface area (Å²) in [6.07, 6.45) is 5.21. The average Bonchev–Trinajstić information content (AvgIpc) is 2.98. The highest BCUT2D eigenvalue weighted by molar-refractivity contribution is 7.89. The Balaban J connectivity index is 2.30. The molecule has 0 aliphatic heterocycles. The van der Waals surface area contributed by atoms with Gasteiger partial charge in [-0.25, -0.2) is 8.42 Å². The molecule has 0 radical (unpaired) electrons. The van der Waals surface area contributed by atoms with E-state index in [2.05, 4.69) is 10.2 Å². The number of nitrogens with one attached hydrogen (secondary N) is 1. The van der Waals surface area contributed by atoms with Crippen molar-refractivity contribution in [3.05, 3.63) is 12.3 Å². The van der Waals surface area contributed by atoms with Crippen molar-refractivity contribution in [2.24, 2.45) is 5.73 Å². The van der Waals surface area contributed by atoms with E-state index < -0.39 is 10.0 Å². The van der Waals surface area contributed by atoms with Gasteiger partial charge in [0.2, 0.25) is 0 Å². The van der Waals surface area contributed by atoms with Gasteiger partial charge in [0.1, 0.15) is 0 Å².